The van der Waals surface area contributed by atoms with Gasteiger partial charge < -0.3 is 14.8 Å². The average Bonchev–Trinajstić information content (AvgIpc) is 2.57. The van der Waals surface area contributed by atoms with Crippen LogP contribution in [0.15, 0.2) is 47.0 Å². The highest BCUT2D eigenvalue weighted by molar-refractivity contribution is 8.04. The van der Waals surface area contributed by atoms with Crippen LogP contribution >= 0.6 is 11.8 Å². The van der Waals surface area contributed by atoms with Crippen molar-refractivity contribution in [2.24, 2.45) is 0 Å². The summed E-state index contributed by atoms with van der Waals surface area (Å²) in [6.45, 7) is 6.03. The number of ether oxygens (including phenoxy) is 2. The maximum absolute atomic E-state index is 12.3. The van der Waals surface area contributed by atoms with E-state index in [0.717, 1.165) is 16.8 Å². The standard InChI is InChI=1S/C18H21NO4S/c1-4-22-15(20)11-14-19-16(13-9-7-6-8-10-13)12(3)17(24-14)18(21)23-5-2/h6-11,17,19H,4-5H2,1-3H3/b14-11+. The number of esters is 2. The summed E-state index contributed by atoms with van der Waals surface area (Å²) >= 11 is 1.26. The van der Waals surface area contributed by atoms with Gasteiger partial charge in [-0.15, -0.1) is 0 Å². The van der Waals surface area contributed by atoms with E-state index in [0.29, 0.717) is 18.2 Å². The molecule has 1 atom stereocenters. The summed E-state index contributed by atoms with van der Waals surface area (Å²) < 4.78 is 10.1. The molecule has 2 rings (SSSR count). The molecule has 6 heteroatoms. The lowest BCUT2D eigenvalue weighted by Crippen LogP contribution is -2.30. The summed E-state index contributed by atoms with van der Waals surface area (Å²) in [4.78, 5) is 24.0. The maximum Gasteiger partial charge on any atom is 0.333 e. The second-order valence-electron chi connectivity index (χ2n) is 5.06. The Morgan fingerprint density at radius 1 is 1.17 bits per heavy atom. The van der Waals surface area contributed by atoms with Crippen molar-refractivity contribution in [3.05, 3.63) is 52.6 Å². The van der Waals surface area contributed by atoms with E-state index in [1.54, 1.807) is 13.8 Å². The molecule has 5 nitrogen and oxygen atoms in total. The second kappa shape index (κ2) is 8.59. The Labute approximate surface area is 146 Å². The zero-order valence-electron chi connectivity index (χ0n) is 14.0. The predicted octanol–water partition coefficient (Wildman–Crippen LogP) is 3.09. The molecule has 1 N–H and O–H groups in total. The lowest BCUT2D eigenvalue weighted by atomic mass is 10.0. The van der Waals surface area contributed by atoms with Crippen molar-refractivity contribution >= 4 is 29.4 Å². The van der Waals surface area contributed by atoms with Gasteiger partial charge in [-0.1, -0.05) is 42.1 Å². The number of thioether (sulfide) groups is 1. The third-order valence-electron chi connectivity index (χ3n) is 3.38. The van der Waals surface area contributed by atoms with Crippen LogP contribution in [0.4, 0.5) is 0 Å². The molecule has 0 amide bonds. The Bertz CT molecular complexity index is 667. The summed E-state index contributed by atoms with van der Waals surface area (Å²) in [6.07, 6.45) is 1.37. The smallest absolute Gasteiger partial charge is 0.333 e. The fourth-order valence-electron chi connectivity index (χ4n) is 2.31. The average molecular weight is 347 g/mol. The molecular formula is C18H21NO4S. The topological polar surface area (TPSA) is 64.6 Å². The van der Waals surface area contributed by atoms with Gasteiger partial charge in [-0.25, -0.2) is 4.79 Å². The molecule has 1 aromatic rings. The Kier molecular flexibility index (Phi) is 6.49. The SMILES string of the molecule is CCOC(=O)/C=C1\NC(c2ccccc2)=C(C)C(C(=O)OCC)S1. The Hall–Kier alpha value is -2.21. The number of nitrogens with one attached hydrogen (secondary N) is 1. The van der Waals surface area contributed by atoms with Crippen molar-refractivity contribution in [1.29, 1.82) is 0 Å². The molecule has 0 aromatic heterocycles. The molecule has 24 heavy (non-hydrogen) atoms. The van der Waals surface area contributed by atoms with Gasteiger partial charge in [0.05, 0.1) is 24.3 Å². The van der Waals surface area contributed by atoms with Crippen molar-refractivity contribution in [3.63, 3.8) is 0 Å². The van der Waals surface area contributed by atoms with Crippen LogP contribution < -0.4 is 5.32 Å². The van der Waals surface area contributed by atoms with Crippen LogP contribution in [0.3, 0.4) is 0 Å². The molecule has 1 aromatic carbocycles. The van der Waals surface area contributed by atoms with Gasteiger partial charge in [0.1, 0.15) is 5.25 Å². The first-order valence-corrected chi connectivity index (χ1v) is 8.69. The van der Waals surface area contributed by atoms with E-state index < -0.39 is 11.2 Å². The third kappa shape index (κ3) is 4.41. The highest BCUT2D eigenvalue weighted by atomic mass is 32.2. The van der Waals surface area contributed by atoms with Gasteiger partial charge in [-0.2, -0.15) is 0 Å². The van der Waals surface area contributed by atoms with Crippen molar-refractivity contribution in [1.82, 2.24) is 5.32 Å². The highest BCUT2D eigenvalue weighted by Gasteiger charge is 2.31. The Morgan fingerprint density at radius 2 is 1.83 bits per heavy atom. The van der Waals surface area contributed by atoms with E-state index >= 15 is 0 Å². The molecule has 1 heterocycles. The van der Waals surface area contributed by atoms with Gasteiger partial charge in [0, 0.05) is 5.70 Å². The van der Waals surface area contributed by atoms with E-state index in [-0.39, 0.29) is 5.97 Å². The molecule has 1 unspecified atom stereocenters. The van der Waals surface area contributed by atoms with Crippen molar-refractivity contribution < 1.29 is 19.1 Å². The second-order valence-corrected chi connectivity index (χ2v) is 6.21. The van der Waals surface area contributed by atoms with Gasteiger partial charge >= 0.3 is 11.9 Å². The number of carbonyl (C=O) groups is 2. The largest absolute Gasteiger partial charge is 0.465 e. The van der Waals surface area contributed by atoms with Crippen LogP contribution in [0.5, 0.6) is 0 Å². The zero-order chi connectivity index (χ0) is 17.5. The van der Waals surface area contributed by atoms with Gasteiger partial charge in [0.15, 0.2) is 0 Å². The van der Waals surface area contributed by atoms with E-state index in [1.165, 1.54) is 17.8 Å². The number of carbonyl (C=O) groups excluding carboxylic acids is 2. The Morgan fingerprint density at radius 3 is 2.46 bits per heavy atom. The minimum Gasteiger partial charge on any atom is -0.465 e. The van der Waals surface area contributed by atoms with E-state index in [1.807, 2.05) is 37.3 Å². The fourth-order valence-corrected chi connectivity index (χ4v) is 3.34. The first-order chi connectivity index (χ1) is 11.6. The van der Waals surface area contributed by atoms with Crippen LogP contribution in [0, 0.1) is 0 Å². The van der Waals surface area contributed by atoms with E-state index in [4.69, 9.17) is 9.47 Å². The number of hydrogen-bond acceptors (Lipinski definition) is 6. The molecule has 128 valence electrons. The summed E-state index contributed by atoms with van der Waals surface area (Å²) in [5.41, 5.74) is 2.62. The first kappa shape index (κ1) is 18.1. The predicted molar refractivity (Wildman–Crippen MR) is 94.9 cm³/mol. The molecule has 0 fully saturated rings. The quantitative estimate of drug-likeness (QED) is 0.652. The van der Waals surface area contributed by atoms with Crippen molar-refractivity contribution in [2.75, 3.05) is 13.2 Å². The summed E-state index contributed by atoms with van der Waals surface area (Å²) in [5.74, 6) is -0.758. The minimum atomic E-state index is -0.498. The van der Waals surface area contributed by atoms with Crippen LogP contribution in [-0.4, -0.2) is 30.4 Å². The number of rotatable bonds is 5. The number of benzene rings is 1. The lowest BCUT2D eigenvalue weighted by molar-refractivity contribution is -0.141. The maximum atomic E-state index is 12.3. The minimum absolute atomic E-state index is 0.301. The molecule has 1 aliphatic rings. The summed E-state index contributed by atoms with van der Waals surface area (Å²) in [5, 5.41) is 3.30. The summed E-state index contributed by atoms with van der Waals surface area (Å²) in [6, 6.07) is 9.67. The van der Waals surface area contributed by atoms with Crippen molar-refractivity contribution in [2.45, 2.75) is 26.0 Å². The van der Waals surface area contributed by atoms with Crippen LogP contribution in [0.1, 0.15) is 26.3 Å². The molecule has 0 bridgehead atoms. The zero-order valence-corrected chi connectivity index (χ0v) is 14.8. The van der Waals surface area contributed by atoms with Crippen LogP contribution in [0.25, 0.3) is 5.70 Å². The number of hydrogen-bond donors (Lipinski definition) is 1. The Balaban J connectivity index is 2.39. The molecule has 0 radical (unpaired) electrons. The van der Waals surface area contributed by atoms with Gasteiger partial charge in [0.25, 0.3) is 0 Å². The normalized spacial score (nSPS) is 19.0. The van der Waals surface area contributed by atoms with Gasteiger partial charge in [0.2, 0.25) is 0 Å². The van der Waals surface area contributed by atoms with E-state index in [9.17, 15) is 9.59 Å². The molecule has 0 saturated carbocycles. The lowest BCUT2D eigenvalue weighted by Gasteiger charge is -2.28. The van der Waals surface area contributed by atoms with Gasteiger partial charge in [-0.3, -0.25) is 4.79 Å². The molecule has 0 aliphatic carbocycles. The van der Waals surface area contributed by atoms with E-state index in [2.05, 4.69) is 5.32 Å². The monoisotopic (exact) mass is 347 g/mol. The highest BCUT2D eigenvalue weighted by Crippen LogP contribution is 2.36. The molecular weight excluding hydrogens is 326 g/mol. The van der Waals surface area contributed by atoms with Crippen LogP contribution in [-0.2, 0) is 19.1 Å². The molecule has 1 aliphatic heterocycles. The summed E-state index contributed by atoms with van der Waals surface area (Å²) in [7, 11) is 0. The van der Waals surface area contributed by atoms with Crippen LogP contribution in [0.2, 0.25) is 0 Å². The first-order valence-electron chi connectivity index (χ1n) is 7.81. The third-order valence-corrected chi connectivity index (χ3v) is 4.63. The van der Waals surface area contributed by atoms with Crippen molar-refractivity contribution in [3.8, 4) is 0 Å². The fraction of sp³-hybridized carbons (Fsp3) is 0.333. The molecule has 0 spiro atoms. The van der Waals surface area contributed by atoms with Gasteiger partial charge in [-0.05, 0) is 31.9 Å². The molecule has 0 saturated heterocycles.